The number of methoxy groups -OCH3 is 1. The third-order valence-electron chi connectivity index (χ3n) is 5.44. The molecule has 0 radical (unpaired) electrons. The molecule has 0 aromatic heterocycles. The van der Waals surface area contributed by atoms with E-state index in [1.165, 1.54) is 12.0 Å². The lowest BCUT2D eigenvalue weighted by molar-refractivity contribution is -0.132. The number of hydrogen-bond acceptors (Lipinski definition) is 4. The number of nitrogens with zero attached hydrogens (tertiary/aromatic N) is 1. The highest BCUT2D eigenvalue weighted by Crippen LogP contribution is 2.33. The van der Waals surface area contributed by atoms with Crippen molar-refractivity contribution >= 4 is 17.9 Å². The van der Waals surface area contributed by atoms with Crippen molar-refractivity contribution in [1.29, 1.82) is 0 Å². The zero-order chi connectivity index (χ0) is 21.8. The summed E-state index contributed by atoms with van der Waals surface area (Å²) in [6.45, 7) is 0.0544. The molecule has 3 amide bonds. The molecule has 1 aliphatic rings. The standard InChI is InChI=1S/C25H22N2O4/c1-31-22(28)20-12-8-11-19(15-20)17-27-23(29)25(26-24(27)30,21-13-6-3-7-14-21)16-18-9-4-2-5-10-18/h2-15H,16-17H2,1H3,(H,26,30)/t25-/m0/s1. The minimum absolute atomic E-state index is 0.0544. The Bertz CT molecular complexity index is 1110. The predicted molar refractivity (Wildman–Crippen MR) is 115 cm³/mol. The van der Waals surface area contributed by atoms with Crippen LogP contribution in [0.4, 0.5) is 4.79 Å². The monoisotopic (exact) mass is 414 g/mol. The Morgan fingerprint density at radius 3 is 2.23 bits per heavy atom. The molecule has 1 saturated heterocycles. The second kappa shape index (κ2) is 8.44. The summed E-state index contributed by atoms with van der Waals surface area (Å²) in [6, 6.07) is 25.1. The number of carbonyl (C=O) groups excluding carboxylic acids is 3. The van der Waals surface area contributed by atoms with E-state index in [4.69, 9.17) is 4.74 Å². The van der Waals surface area contributed by atoms with E-state index in [1.54, 1.807) is 24.3 Å². The molecule has 3 aromatic carbocycles. The summed E-state index contributed by atoms with van der Waals surface area (Å²) in [6.07, 6.45) is 0.334. The molecule has 0 aliphatic carbocycles. The average Bonchev–Trinajstić information content (AvgIpc) is 3.05. The van der Waals surface area contributed by atoms with Crippen LogP contribution >= 0.6 is 0 Å². The molecule has 0 unspecified atom stereocenters. The van der Waals surface area contributed by atoms with Crippen molar-refractivity contribution < 1.29 is 19.1 Å². The number of ether oxygens (including phenoxy) is 1. The van der Waals surface area contributed by atoms with Crippen LogP contribution in [-0.2, 0) is 28.0 Å². The van der Waals surface area contributed by atoms with Crippen molar-refractivity contribution in [3.8, 4) is 0 Å². The lowest BCUT2D eigenvalue weighted by Gasteiger charge is -2.27. The van der Waals surface area contributed by atoms with E-state index in [9.17, 15) is 14.4 Å². The van der Waals surface area contributed by atoms with Crippen molar-refractivity contribution in [2.24, 2.45) is 0 Å². The smallest absolute Gasteiger partial charge is 0.337 e. The average molecular weight is 414 g/mol. The van der Waals surface area contributed by atoms with Crippen LogP contribution < -0.4 is 5.32 Å². The molecule has 4 rings (SSSR count). The minimum Gasteiger partial charge on any atom is -0.465 e. The van der Waals surface area contributed by atoms with E-state index in [1.807, 2.05) is 60.7 Å². The Morgan fingerprint density at radius 1 is 0.903 bits per heavy atom. The van der Waals surface area contributed by atoms with Crippen molar-refractivity contribution in [3.05, 3.63) is 107 Å². The van der Waals surface area contributed by atoms with Crippen molar-refractivity contribution in [2.45, 2.75) is 18.5 Å². The third kappa shape index (κ3) is 3.92. The number of nitrogens with one attached hydrogen (secondary N) is 1. The molecule has 1 heterocycles. The maximum atomic E-state index is 13.7. The Morgan fingerprint density at radius 2 is 1.55 bits per heavy atom. The molecule has 31 heavy (non-hydrogen) atoms. The van der Waals surface area contributed by atoms with Crippen molar-refractivity contribution in [2.75, 3.05) is 7.11 Å². The number of amides is 3. The number of esters is 1. The molecular formula is C25H22N2O4. The molecule has 0 saturated carbocycles. The van der Waals surface area contributed by atoms with Crippen LogP contribution in [0, 0.1) is 0 Å². The van der Waals surface area contributed by atoms with Gasteiger partial charge in [0, 0.05) is 6.42 Å². The van der Waals surface area contributed by atoms with E-state index in [0.717, 1.165) is 11.1 Å². The third-order valence-corrected chi connectivity index (χ3v) is 5.44. The number of carbonyl (C=O) groups is 3. The van der Waals surface area contributed by atoms with Gasteiger partial charge in [-0.15, -0.1) is 0 Å². The molecule has 0 bridgehead atoms. The Hall–Kier alpha value is -3.93. The summed E-state index contributed by atoms with van der Waals surface area (Å²) in [4.78, 5) is 39.7. The molecule has 6 nitrogen and oxygen atoms in total. The summed E-state index contributed by atoms with van der Waals surface area (Å²) < 4.78 is 4.76. The lowest BCUT2D eigenvalue weighted by Crippen LogP contribution is -2.46. The van der Waals surface area contributed by atoms with Crippen LogP contribution in [0.3, 0.4) is 0 Å². The summed E-state index contributed by atoms with van der Waals surface area (Å²) >= 11 is 0. The highest BCUT2D eigenvalue weighted by Gasteiger charge is 2.52. The van der Waals surface area contributed by atoms with Gasteiger partial charge in [-0.05, 0) is 28.8 Å². The molecule has 3 aromatic rings. The minimum atomic E-state index is -1.19. The fraction of sp³-hybridized carbons (Fsp3) is 0.160. The highest BCUT2D eigenvalue weighted by atomic mass is 16.5. The van der Waals surface area contributed by atoms with Gasteiger partial charge >= 0.3 is 12.0 Å². The Kier molecular flexibility index (Phi) is 5.54. The van der Waals surface area contributed by atoms with Gasteiger partial charge in [0.25, 0.3) is 5.91 Å². The first-order valence-electron chi connectivity index (χ1n) is 9.94. The zero-order valence-corrected chi connectivity index (χ0v) is 17.1. The largest absolute Gasteiger partial charge is 0.465 e. The van der Waals surface area contributed by atoms with Crippen LogP contribution in [0.25, 0.3) is 0 Å². The molecule has 0 spiro atoms. The number of benzene rings is 3. The Balaban J connectivity index is 1.69. The van der Waals surface area contributed by atoms with Crippen LogP contribution in [-0.4, -0.2) is 29.9 Å². The van der Waals surface area contributed by atoms with Crippen LogP contribution in [0.1, 0.15) is 27.0 Å². The van der Waals surface area contributed by atoms with E-state index >= 15 is 0 Å². The molecular weight excluding hydrogens is 392 g/mol. The van der Waals surface area contributed by atoms with Crippen molar-refractivity contribution in [3.63, 3.8) is 0 Å². The molecule has 1 N–H and O–H groups in total. The van der Waals surface area contributed by atoms with E-state index in [2.05, 4.69) is 5.32 Å². The summed E-state index contributed by atoms with van der Waals surface area (Å²) in [5, 5.41) is 2.95. The molecule has 1 fully saturated rings. The second-order valence-electron chi connectivity index (χ2n) is 7.45. The lowest BCUT2D eigenvalue weighted by atomic mass is 9.83. The first kappa shape index (κ1) is 20.3. The first-order chi connectivity index (χ1) is 15.0. The SMILES string of the molecule is COC(=O)c1cccc(CN2C(=O)N[C@@](Cc3ccccc3)(c3ccccc3)C2=O)c1. The van der Waals surface area contributed by atoms with Gasteiger partial charge in [0.2, 0.25) is 0 Å². The first-order valence-corrected chi connectivity index (χ1v) is 9.94. The predicted octanol–water partition coefficient (Wildman–Crippen LogP) is 3.66. The maximum Gasteiger partial charge on any atom is 0.337 e. The second-order valence-corrected chi connectivity index (χ2v) is 7.45. The van der Waals surface area contributed by atoms with Gasteiger partial charge in [-0.3, -0.25) is 9.69 Å². The number of hydrogen-bond donors (Lipinski definition) is 1. The van der Waals surface area contributed by atoms with Crippen molar-refractivity contribution in [1.82, 2.24) is 10.2 Å². The summed E-state index contributed by atoms with van der Waals surface area (Å²) in [5.74, 6) is -0.794. The fourth-order valence-corrected chi connectivity index (χ4v) is 3.91. The molecule has 6 heteroatoms. The van der Waals surface area contributed by atoms with Crippen LogP contribution in [0.2, 0.25) is 0 Å². The highest BCUT2D eigenvalue weighted by molar-refractivity contribution is 6.07. The van der Waals surface area contributed by atoms with Gasteiger partial charge in [-0.2, -0.15) is 0 Å². The fourth-order valence-electron chi connectivity index (χ4n) is 3.91. The van der Waals surface area contributed by atoms with E-state index in [-0.39, 0.29) is 12.5 Å². The van der Waals surface area contributed by atoms with Gasteiger partial charge in [-0.1, -0.05) is 72.8 Å². The Labute approximate surface area is 180 Å². The van der Waals surface area contributed by atoms with E-state index in [0.29, 0.717) is 17.5 Å². The molecule has 156 valence electrons. The van der Waals surface area contributed by atoms with E-state index < -0.39 is 17.5 Å². The van der Waals surface area contributed by atoms with Crippen LogP contribution in [0.5, 0.6) is 0 Å². The maximum absolute atomic E-state index is 13.7. The molecule has 1 aliphatic heterocycles. The number of rotatable bonds is 6. The quantitative estimate of drug-likeness (QED) is 0.493. The van der Waals surface area contributed by atoms with Gasteiger partial charge in [0.1, 0.15) is 0 Å². The van der Waals surface area contributed by atoms with Crippen LogP contribution in [0.15, 0.2) is 84.9 Å². The summed E-state index contributed by atoms with van der Waals surface area (Å²) in [5.41, 5.74) is 1.50. The van der Waals surface area contributed by atoms with Gasteiger partial charge in [0.15, 0.2) is 5.54 Å². The van der Waals surface area contributed by atoms with Gasteiger partial charge in [-0.25, -0.2) is 9.59 Å². The zero-order valence-electron chi connectivity index (χ0n) is 17.1. The van der Waals surface area contributed by atoms with Gasteiger partial charge < -0.3 is 10.1 Å². The van der Waals surface area contributed by atoms with Gasteiger partial charge in [0.05, 0.1) is 19.2 Å². The topological polar surface area (TPSA) is 75.7 Å². The number of urea groups is 1. The number of imide groups is 1. The molecule has 1 atom stereocenters. The normalized spacial score (nSPS) is 18.0. The summed E-state index contributed by atoms with van der Waals surface area (Å²) in [7, 11) is 1.31.